The average molecular weight is 316 g/mol. The van der Waals surface area contributed by atoms with Crippen LogP contribution in [-0.2, 0) is 0 Å². The van der Waals surface area contributed by atoms with Gasteiger partial charge in [0.25, 0.3) is 0 Å². The Morgan fingerprint density at radius 2 is 1.70 bits per heavy atom. The van der Waals surface area contributed by atoms with E-state index in [-0.39, 0.29) is 10.8 Å². The number of hydrogen-bond donors (Lipinski definition) is 1. The van der Waals surface area contributed by atoms with Gasteiger partial charge in [-0.1, -0.05) is 23.2 Å². The van der Waals surface area contributed by atoms with Gasteiger partial charge in [0, 0.05) is 15.6 Å². The summed E-state index contributed by atoms with van der Waals surface area (Å²) in [5.41, 5.74) is 1.43. The summed E-state index contributed by atoms with van der Waals surface area (Å²) >= 11 is 12.0. The number of halogens is 4. The van der Waals surface area contributed by atoms with Crippen molar-refractivity contribution in [3.8, 4) is 0 Å². The van der Waals surface area contributed by atoms with Crippen molar-refractivity contribution in [1.29, 1.82) is 0 Å². The van der Waals surface area contributed by atoms with Crippen molar-refractivity contribution >= 4 is 23.2 Å². The van der Waals surface area contributed by atoms with Gasteiger partial charge in [-0.25, -0.2) is 8.78 Å². The second-order valence-electron chi connectivity index (χ2n) is 4.51. The molecule has 0 saturated heterocycles. The smallest absolute Gasteiger partial charge is 0.128 e. The lowest BCUT2D eigenvalue weighted by Crippen LogP contribution is -2.19. The van der Waals surface area contributed by atoms with Crippen LogP contribution in [-0.4, -0.2) is 7.05 Å². The summed E-state index contributed by atoms with van der Waals surface area (Å²) in [7, 11) is 1.68. The van der Waals surface area contributed by atoms with Crippen LogP contribution in [0.1, 0.15) is 22.7 Å². The Labute approximate surface area is 126 Å². The molecule has 20 heavy (non-hydrogen) atoms. The third-order valence-corrected chi connectivity index (χ3v) is 3.71. The highest BCUT2D eigenvalue weighted by Gasteiger charge is 2.20. The fourth-order valence-corrected chi connectivity index (χ4v) is 2.56. The van der Waals surface area contributed by atoms with Gasteiger partial charge >= 0.3 is 0 Å². The molecule has 106 valence electrons. The minimum Gasteiger partial charge on any atom is -0.309 e. The fourth-order valence-electron chi connectivity index (χ4n) is 2.12. The molecular weight excluding hydrogens is 303 g/mol. The summed E-state index contributed by atoms with van der Waals surface area (Å²) in [4.78, 5) is 0. The largest absolute Gasteiger partial charge is 0.309 e. The first-order valence-electron chi connectivity index (χ1n) is 6.01. The van der Waals surface area contributed by atoms with Gasteiger partial charge in [-0.05, 0) is 55.4 Å². The molecule has 0 radical (unpaired) electrons. The van der Waals surface area contributed by atoms with Crippen LogP contribution in [0.4, 0.5) is 8.78 Å². The fraction of sp³-hybridized carbons (Fsp3) is 0.200. The molecule has 0 aliphatic carbocycles. The lowest BCUT2D eigenvalue weighted by atomic mass is 9.96. The molecule has 0 aromatic heterocycles. The molecular formula is C15H13Cl2F2N. The van der Waals surface area contributed by atoms with Crippen LogP contribution in [0.3, 0.4) is 0 Å². The van der Waals surface area contributed by atoms with Crippen molar-refractivity contribution < 1.29 is 8.78 Å². The van der Waals surface area contributed by atoms with E-state index in [1.54, 1.807) is 20.0 Å². The molecule has 0 aliphatic heterocycles. The van der Waals surface area contributed by atoms with Crippen molar-refractivity contribution in [3.63, 3.8) is 0 Å². The molecule has 1 atom stereocenters. The van der Waals surface area contributed by atoms with Crippen molar-refractivity contribution in [2.75, 3.05) is 7.05 Å². The first kappa shape index (κ1) is 15.2. The highest BCUT2D eigenvalue weighted by atomic mass is 35.5. The van der Waals surface area contributed by atoms with Gasteiger partial charge in [0.2, 0.25) is 0 Å². The molecule has 1 nitrogen and oxygen atoms in total. The number of benzene rings is 2. The quantitative estimate of drug-likeness (QED) is 0.850. The predicted octanol–water partition coefficient (Wildman–Crippen LogP) is 4.89. The van der Waals surface area contributed by atoms with Gasteiger partial charge in [0.05, 0.1) is 6.04 Å². The molecule has 0 fully saturated rings. The lowest BCUT2D eigenvalue weighted by molar-refractivity contribution is 0.574. The van der Waals surface area contributed by atoms with Crippen LogP contribution in [0.15, 0.2) is 30.3 Å². The van der Waals surface area contributed by atoms with Gasteiger partial charge in [-0.3, -0.25) is 0 Å². The predicted molar refractivity (Wildman–Crippen MR) is 78.5 cm³/mol. The van der Waals surface area contributed by atoms with Crippen LogP contribution in [0.25, 0.3) is 0 Å². The Hall–Kier alpha value is -1.16. The lowest BCUT2D eigenvalue weighted by Gasteiger charge is -2.20. The molecule has 2 aromatic carbocycles. The number of aryl methyl sites for hydroxylation is 1. The normalized spacial score (nSPS) is 12.5. The molecule has 5 heteroatoms. The first-order chi connectivity index (χ1) is 9.43. The molecule has 2 aromatic rings. The summed E-state index contributed by atoms with van der Waals surface area (Å²) in [6.45, 7) is 1.64. The van der Waals surface area contributed by atoms with Crippen LogP contribution in [0.2, 0.25) is 10.0 Å². The van der Waals surface area contributed by atoms with E-state index in [0.29, 0.717) is 21.7 Å². The van der Waals surface area contributed by atoms with Crippen LogP contribution in [0.5, 0.6) is 0 Å². The van der Waals surface area contributed by atoms with E-state index in [9.17, 15) is 8.78 Å². The highest BCUT2D eigenvalue weighted by Crippen LogP contribution is 2.32. The molecule has 0 spiro atoms. The van der Waals surface area contributed by atoms with E-state index in [1.807, 2.05) is 0 Å². The van der Waals surface area contributed by atoms with Crippen LogP contribution >= 0.6 is 23.2 Å². The van der Waals surface area contributed by atoms with Crippen molar-refractivity contribution in [3.05, 3.63) is 68.7 Å². The molecule has 2 rings (SSSR count). The van der Waals surface area contributed by atoms with Crippen molar-refractivity contribution in [2.24, 2.45) is 0 Å². The van der Waals surface area contributed by atoms with Crippen LogP contribution in [0, 0.1) is 18.6 Å². The maximum atomic E-state index is 14.0. The molecule has 1 unspecified atom stereocenters. The van der Waals surface area contributed by atoms with E-state index in [0.717, 1.165) is 0 Å². The van der Waals surface area contributed by atoms with E-state index in [1.165, 1.54) is 24.3 Å². The summed E-state index contributed by atoms with van der Waals surface area (Å²) in [5.74, 6) is -0.785. The second kappa shape index (κ2) is 6.08. The third kappa shape index (κ3) is 2.95. The molecule has 0 bridgehead atoms. The zero-order chi connectivity index (χ0) is 14.9. The summed E-state index contributed by atoms with van der Waals surface area (Å²) in [5, 5.41) is 3.65. The zero-order valence-electron chi connectivity index (χ0n) is 11.0. The number of rotatable bonds is 3. The Bertz CT molecular complexity index is 644. The van der Waals surface area contributed by atoms with Crippen molar-refractivity contribution in [2.45, 2.75) is 13.0 Å². The van der Waals surface area contributed by atoms with E-state index < -0.39 is 11.9 Å². The second-order valence-corrected chi connectivity index (χ2v) is 5.35. The van der Waals surface area contributed by atoms with Gasteiger partial charge in [0.15, 0.2) is 0 Å². The van der Waals surface area contributed by atoms with Crippen molar-refractivity contribution in [1.82, 2.24) is 5.32 Å². The minimum atomic E-state index is -0.500. The molecule has 1 N–H and O–H groups in total. The number of nitrogens with one attached hydrogen (secondary N) is 1. The van der Waals surface area contributed by atoms with Gasteiger partial charge in [0.1, 0.15) is 11.6 Å². The molecule has 0 saturated carbocycles. The third-order valence-electron chi connectivity index (χ3n) is 3.15. The number of hydrogen-bond acceptors (Lipinski definition) is 1. The molecule has 0 aliphatic rings. The highest BCUT2D eigenvalue weighted by molar-refractivity contribution is 6.31. The zero-order valence-corrected chi connectivity index (χ0v) is 12.5. The topological polar surface area (TPSA) is 12.0 Å². The van der Waals surface area contributed by atoms with Gasteiger partial charge < -0.3 is 5.32 Å². The Kier molecular flexibility index (Phi) is 4.63. The summed E-state index contributed by atoms with van der Waals surface area (Å²) < 4.78 is 27.5. The van der Waals surface area contributed by atoms with E-state index in [4.69, 9.17) is 23.2 Å². The van der Waals surface area contributed by atoms with Crippen LogP contribution < -0.4 is 5.32 Å². The monoisotopic (exact) mass is 315 g/mol. The minimum absolute atomic E-state index is 0.242. The maximum Gasteiger partial charge on any atom is 0.128 e. The first-order valence-corrected chi connectivity index (χ1v) is 6.77. The summed E-state index contributed by atoms with van der Waals surface area (Å²) in [6.07, 6.45) is 0. The maximum absolute atomic E-state index is 14.0. The molecule has 0 heterocycles. The SMILES string of the molecule is CNC(c1cc(Cl)ccc1F)c1cc(C)c(F)cc1Cl. The Morgan fingerprint density at radius 1 is 1.00 bits per heavy atom. The Morgan fingerprint density at radius 3 is 2.35 bits per heavy atom. The van der Waals surface area contributed by atoms with E-state index >= 15 is 0 Å². The molecule has 0 amide bonds. The Balaban J connectivity index is 2.58. The van der Waals surface area contributed by atoms with Gasteiger partial charge in [-0.2, -0.15) is 0 Å². The average Bonchev–Trinajstić information content (AvgIpc) is 2.40. The van der Waals surface area contributed by atoms with E-state index in [2.05, 4.69) is 5.32 Å². The summed E-state index contributed by atoms with van der Waals surface area (Å²) in [6, 6.07) is 6.66. The standard InChI is InChI=1S/C15H13Cl2F2N/c1-8-5-10(12(17)7-14(8)19)15(20-2)11-6-9(16)3-4-13(11)18/h3-7,15,20H,1-2H3. The van der Waals surface area contributed by atoms with Gasteiger partial charge in [-0.15, -0.1) is 0 Å².